The molecular weight excluding hydrogens is 368 g/mol. The highest BCUT2D eigenvalue weighted by Crippen LogP contribution is 2.38. The lowest BCUT2D eigenvalue weighted by molar-refractivity contribution is -0.153. The van der Waals surface area contributed by atoms with Crippen molar-refractivity contribution in [1.29, 1.82) is 0 Å². The van der Waals surface area contributed by atoms with Gasteiger partial charge in [0.25, 0.3) is 0 Å². The van der Waals surface area contributed by atoms with Crippen LogP contribution in [0.1, 0.15) is 61.3 Å². The third-order valence-electron chi connectivity index (χ3n) is 5.24. The van der Waals surface area contributed by atoms with Gasteiger partial charge in [-0.3, -0.25) is 4.79 Å². The van der Waals surface area contributed by atoms with Gasteiger partial charge in [0.15, 0.2) is 8.32 Å². The van der Waals surface area contributed by atoms with Crippen molar-refractivity contribution in [2.45, 2.75) is 91.6 Å². The summed E-state index contributed by atoms with van der Waals surface area (Å²) in [5, 5.41) is 0.0926. The van der Waals surface area contributed by atoms with Crippen LogP contribution in [0.2, 0.25) is 18.1 Å². The second kappa shape index (κ2) is 11.2. The minimum Gasteiger partial charge on any atom is -0.465 e. The van der Waals surface area contributed by atoms with Gasteiger partial charge in [-0.15, -0.1) is 18.9 Å². The zero-order chi connectivity index (χ0) is 22.2. The Hall–Kier alpha value is -1.09. The van der Waals surface area contributed by atoms with Gasteiger partial charge >= 0.3 is 5.97 Å². The summed E-state index contributed by atoms with van der Waals surface area (Å²) in [5.41, 5.74) is -0.490. The molecule has 0 aromatic carbocycles. The molecule has 162 valence electrons. The van der Waals surface area contributed by atoms with Crippen LogP contribution in [0, 0.1) is 23.7 Å². The first-order valence-electron chi connectivity index (χ1n) is 10.2. The molecule has 0 spiro atoms. The van der Waals surface area contributed by atoms with E-state index in [9.17, 15) is 4.79 Å². The predicted molar refractivity (Wildman–Crippen MR) is 120 cm³/mol. The fourth-order valence-corrected chi connectivity index (χ4v) is 3.58. The lowest BCUT2D eigenvalue weighted by atomic mass is 9.96. The summed E-state index contributed by atoms with van der Waals surface area (Å²) in [6.45, 7) is 23.5. The second-order valence-corrected chi connectivity index (χ2v) is 14.8. The number of ether oxygens (including phenoxy) is 2. The summed E-state index contributed by atoms with van der Waals surface area (Å²) >= 11 is 0. The molecule has 0 saturated heterocycles. The molecule has 0 saturated carbocycles. The SMILES string of the molecule is C#CC[C@@H](C)[C@H](OCCCOC(=O)C(C)(C)C)[C@@H](C=C)O[Si](C)(C)C(C)(C)C. The molecule has 0 amide bonds. The van der Waals surface area contributed by atoms with Crippen molar-refractivity contribution in [2.75, 3.05) is 13.2 Å². The van der Waals surface area contributed by atoms with Crippen molar-refractivity contribution in [2.24, 2.45) is 11.3 Å². The van der Waals surface area contributed by atoms with E-state index < -0.39 is 13.7 Å². The molecule has 0 aliphatic rings. The fraction of sp³-hybridized carbons (Fsp3) is 0.783. The van der Waals surface area contributed by atoms with E-state index in [-0.39, 0.29) is 29.1 Å². The number of hydrogen-bond acceptors (Lipinski definition) is 4. The summed E-state index contributed by atoms with van der Waals surface area (Å²) in [7, 11) is -1.98. The van der Waals surface area contributed by atoms with Crippen LogP contribution in [0.4, 0.5) is 0 Å². The van der Waals surface area contributed by atoms with Gasteiger partial charge in [0.1, 0.15) is 0 Å². The quantitative estimate of drug-likeness (QED) is 0.146. The van der Waals surface area contributed by atoms with E-state index in [0.29, 0.717) is 26.1 Å². The van der Waals surface area contributed by atoms with Crippen LogP contribution in [0.15, 0.2) is 12.7 Å². The van der Waals surface area contributed by atoms with Crippen molar-refractivity contribution in [3.05, 3.63) is 12.7 Å². The van der Waals surface area contributed by atoms with Crippen molar-refractivity contribution in [3.63, 3.8) is 0 Å². The van der Waals surface area contributed by atoms with Crippen LogP contribution in [0.3, 0.4) is 0 Å². The minimum atomic E-state index is -1.98. The van der Waals surface area contributed by atoms with E-state index in [1.165, 1.54) is 0 Å². The van der Waals surface area contributed by atoms with E-state index in [1.54, 1.807) is 0 Å². The van der Waals surface area contributed by atoms with Gasteiger partial charge in [0.05, 0.1) is 30.8 Å². The molecule has 4 nitrogen and oxygen atoms in total. The molecule has 0 bridgehead atoms. The molecule has 28 heavy (non-hydrogen) atoms. The van der Waals surface area contributed by atoms with E-state index in [4.69, 9.17) is 20.3 Å². The normalized spacial score (nSPS) is 16.0. The maximum atomic E-state index is 11.8. The van der Waals surface area contributed by atoms with Gasteiger partial charge in [-0.1, -0.05) is 33.8 Å². The Bertz CT molecular complexity index is 534. The average Bonchev–Trinajstić information content (AvgIpc) is 2.54. The summed E-state index contributed by atoms with van der Waals surface area (Å²) in [6.07, 6.45) is 8.20. The van der Waals surface area contributed by atoms with Gasteiger partial charge in [-0.25, -0.2) is 0 Å². The van der Waals surface area contributed by atoms with E-state index in [1.807, 2.05) is 26.8 Å². The molecule has 0 radical (unpaired) electrons. The molecule has 5 heteroatoms. The van der Waals surface area contributed by atoms with Crippen LogP contribution in [0.25, 0.3) is 0 Å². The third-order valence-corrected chi connectivity index (χ3v) is 9.71. The van der Waals surface area contributed by atoms with Crippen LogP contribution in [-0.2, 0) is 18.7 Å². The molecule has 0 rings (SSSR count). The van der Waals surface area contributed by atoms with E-state index >= 15 is 0 Å². The number of esters is 1. The van der Waals surface area contributed by atoms with Crippen molar-refractivity contribution in [3.8, 4) is 12.3 Å². The van der Waals surface area contributed by atoms with Gasteiger partial charge < -0.3 is 13.9 Å². The fourth-order valence-electron chi connectivity index (χ4n) is 2.31. The molecule has 0 aliphatic heterocycles. The number of carbonyl (C=O) groups is 1. The summed E-state index contributed by atoms with van der Waals surface area (Å²) in [6, 6.07) is 0. The largest absolute Gasteiger partial charge is 0.465 e. The van der Waals surface area contributed by atoms with Crippen LogP contribution >= 0.6 is 0 Å². The molecule has 0 fully saturated rings. The topological polar surface area (TPSA) is 44.8 Å². The maximum Gasteiger partial charge on any atom is 0.311 e. The average molecular weight is 411 g/mol. The minimum absolute atomic E-state index is 0.0926. The first-order valence-corrected chi connectivity index (χ1v) is 13.1. The van der Waals surface area contributed by atoms with Crippen molar-refractivity contribution in [1.82, 2.24) is 0 Å². The Labute approximate surface area is 174 Å². The number of hydrogen-bond donors (Lipinski definition) is 0. The Morgan fingerprint density at radius 2 is 1.75 bits per heavy atom. The Morgan fingerprint density at radius 1 is 1.18 bits per heavy atom. The molecular formula is C23H42O4Si. The molecule has 0 unspecified atom stereocenters. The van der Waals surface area contributed by atoms with Gasteiger partial charge in [-0.05, 0) is 44.8 Å². The number of terminal acetylenes is 1. The highest BCUT2D eigenvalue weighted by molar-refractivity contribution is 6.74. The highest BCUT2D eigenvalue weighted by Gasteiger charge is 2.41. The number of carbonyl (C=O) groups excluding carboxylic acids is 1. The van der Waals surface area contributed by atoms with Crippen molar-refractivity contribution >= 4 is 14.3 Å². The lowest BCUT2D eigenvalue weighted by Crippen LogP contribution is -2.48. The van der Waals surface area contributed by atoms with Gasteiger partial charge in [0.2, 0.25) is 0 Å². The van der Waals surface area contributed by atoms with Crippen LogP contribution < -0.4 is 0 Å². The van der Waals surface area contributed by atoms with E-state index in [2.05, 4.69) is 53.3 Å². The zero-order valence-electron chi connectivity index (χ0n) is 19.6. The smallest absolute Gasteiger partial charge is 0.311 e. The van der Waals surface area contributed by atoms with Crippen LogP contribution in [-0.4, -0.2) is 39.7 Å². The van der Waals surface area contributed by atoms with Gasteiger partial charge in [-0.2, -0.15) is 0 Å². The molecule has 3 atom stereocenters. The molecule has 0 aromatic rings. The lowest BCUT2D eigenvalue weighted by Gasteiger charge is -2.41. The first-order chi connectivity index (χ1) is 12.7. The first kappa shape index (κ1) is 26.9. The monoisotopic (exact) mass is 410 g/mol. The van der Waals surface area contributed by atoms with Gasteiger partial charge in [0, 0.05) is 12.8 Å². The standard InChI is InChI=1S/C23H42O4Si/c1-12-15-18(3)20(19(13-2)27-28(10,11)23(7,8)9)25-16-14-17-26-21(24)22(4,5)6/h1,13,18-20H,2,14-17H2,3-11H3/t18-,19-,20+/m1/s1. The predicted octanol–water partition coefficient (Wildman–Crippen LogP) is 5.59. The molecule has 0 aromatic heterocycles. The molecule has 0 aliphatic carbocycles. The summed E-state index contributed by atoms with van der Waals surface area (Å²) < 4.78 is 18.1. The summed E-state index contributed by atoms with van der Waals surface area (Å²) in [5.74, 6) is 2.66. The molecule has 0 N–H and O–H groups in total. The maximum absolute atomic E-state index is 11.8. The Balaban J connectivity index is 4.96. The zero-order valence-corrected chi connectivity index (χ0v) is 20.6. The number of rotatable bonds is 11. The highest BCUT2D eigenvalue weighted by atomic mass is 28.4. The van der Waals surface area contributed by atoms with E-state index in [0.717, 1.165) is 0 Å². The third kappa shape index (κ3) is 8.94. The second-order valence-electron chi connectivity index (χ2n) is 10.0. The summed E-state index contributed by atoms with van der Waals surface area (Å²) in [4.78, 5) is 11.8. The van der Waals surface area contributed by atoms with Crippen molar-refractivity contribution < 1.29 is 18.7 Å². The van der Waals surface area contributed by atoms with Crippen LogP contribution in [0.5, 0.6) is 0 Å². The molecule has 0 heterocycles. The Morgan fingerprint density at radius 3 is 2.18 bits per heavy atom. The Kier molecular flexibility index (Phi) is 10.7.